The molecule has 0 bridgehead atoms. The molecule has 3 aromatic carbocycles. The van der Waals surface area contributed by atoms with Gasteiger partial charge in [0.15, 0.2) is 17.1 Å². The first-order chi connectivity index (χ1) is 28.9. The van der Waals surface area contributed by atoms with Gasteiger partial charge in [-0.1, -0.05) is 32.9 Å². The number of fused-ring (bicyclic) bond motifs is 6. The predicted octanol–water partition coefficient (Wildman–Crippen LogP) is 7.54. The molecular formula is C47H49FN6O6. The van der Waals surface area contributed by atoms with E-state index >= 15 is 4.39 Å². The average molecular weight is 813 g/mol. The minimum Gasteiger partial charge on any atom is -0.493 e. The number of anilines is 2. The Kier molecular flexibility index (Phi) is 10.3. The van der Waals surface area contributed by atoms with Crippen LogP contribution in [-0.4, -0.2) is 69.3 Å². The highest BCUT2D eigenvalue weighted by Crippen LogP contribution is 2.40. The first-order valence-electron chi connectivity index (χ1n) is 20.8. The predicted molar refractivity (Wildman–Crippen MR) is 228 cm³/mol. The van der Waals surface area contributed by atoms with Gasteiger partial charge < -0.3 is 34.1 Å². The van der Waals surface area contributed by atoms with Gasteiger partial charge in [0.25, 0.3) is 5.56 Å². The number of carbonyl (C=O) groups is 1. The molecule has 0 aliphatic carbocycles. The number of ether oxygens (including phenoxy) is 3. The fraction of sp³-hybridized carbons (Fsp3) is 0.383. The lowest BCUT2D eigenvalue weighted by Crippen LogP contribution is -2.44. The Morgan fingerprint density at radius 1 is 0.983 bits per heavy atom. The summed E-state index contributed by atoms with van der Waals surface area (Å²) in [5.41, 5.74) is 4.18. The molecule has 60 heavy (non-hydrogen) atoms. The van der Waals surface area contributed by atoms with Gasteiger partial charge >= 0.3 is 5.97 Å². The van der Waals surface area contributed by atoms with E-state index < -0.39 is 11.6 Å². The van der Waals surface area contributed by atoms with Gasteiger partial charge in [-0.05, 0) is 111 Å². The molecule has 310 valence electrons. The van der Waals surface area contributed by atoms with Crippen molar-refractivity contribution in [1.82, 2.24) is 24.4 Å². The number of hydrogen-bond acceptors (Lipinski definition) is 11. The molecule has 0 radical (unpaired) electrons. The van der Waals surface area contributed by atoms with E-state index in [4.69, 9.17) is 29.2 Å². The van der Waals surface area contributed by atoms with Crippen LogP contribution in [0, 0.1) is 11.7 Å². The first kappa shape index (κ1) is 39.5. The topological polar surface area (TPSA) is 141 Å². The van der Waals surface area contributed by atoms with E-state index in [9.17, 15) is 14.7 Å². The van der Waals surface area contributed by atoms with Crippen molar-refractivity contribution in [2.24, 2.45) is 5.92 Å². The first-order valence-corrected chi connectivity index (χ1v) is 20.8. The lowest BCUT2D eigenvalue weighted by Gasteiger charge is -2.31. The molecule has 6 aromatic rings. The van der Waals surface area contributed by atoms with Gasteiger partial charge in [0.05, 0.1) is 53.9 Å². The van der Waals surface area contributed by atoms with Crippen LogP contribution < -0.4 is 20.3 Å². The van der Waals surface area contributed by atoms with Crippen molar-refractivity contribution in [1.29, 1.82) is 0 Å². The number of aliphatic hydroxyl groups is 1. The number of piperidine rings is 1. The number of likely N-dealkylation sites (tertiary alicyclic amines) is 1. The maximum atomic E-state index is 15.5. The number of cyclic esters (lactones) is 1. The summed E-state index contributed by atoms with van der Waals surface area (Å²) in [6.07, 6.45) is 3.33. The maximum absolute atomic E-state index is 15.5. The number of aromatic nitrogens is 4. The molecule has 1 atom stereocenters. The van der Waals surface area contributed by atoms with Crippen molar-refractivity contribution >= 4 is 39.3 Å². The summed E-state index contributed by atoms with van der Waals surface area (Å²) in [7, 11) is 3.76. The van der Waals surface area contributed by atoms with Crippen LogP contribution >= 0.6 is 0 Å². The van der Waals surface area contributed by atoms with Crippen molar-refractivity contribution < 1.29 is 28.5 Å². The zero-order chi connectivity index (χ0) is 41.9. The smallest absolute Gasteiger partial charge is 0.343 e. The number of halogens is 1. The second-order valence-corrected chi connectivity index (χ2v) is 16.7. The zero-order valence-electron chi connectivity index (χ0n) is 34.6. The summed E-state index contributed by atoms with van der Waals surface area (Å²) in [6, 6.07) is 18.8. The normalized spacial score (nSPS) is 17.8. The maximum Gasteiger partial charge on any atom is 0.343 e. The van der Waals surface area contributed by atoms with Crippen LogP contribution in [0.25, 0.3) is 33.2 Å². The average Bonchev–Trinajstić information content (AvgIpc) is 3.61. The van der Waals surface area contributed by atoms with Crippen LogP contribution in [0.2, 0.25) is 0 Å². The van der Waals surface area contributed by atoms with E-state index in [2.05, 4.69) is 29.4 Å². The Morgan fingerprint density at radius 2 is 1.80 bits per heavy atom. The number of nitrogens with zero attached hydrogens (tertiary/aromatic N) is 5. The van der Waals surface area contributed by atoms with E-state index in [0.29, 0.717) is 94.2 Å². The number of nitrogens with one attached hydrogen (secondary N) is 1. The molecule has 6 heterocycles. The van der Waals surface area contributed by atoms with E-state index in [0.717, 1.165) is 53.5 Å². The van der Waals surface area contributed by atoms with Crippen molar-refractivity contribution in [2.75, 3.05) is 39.2 Å². The fourth-order valence-corrected chi connectivity index (χ4v) is 8.67. The molecule has 0 saturated carbocycles. The molecule has 0 spiro atoms. The monoisotopic (exact) mass is 812 g/mol. The summed E-state index contributed by atoms with van der Waals surface area (Å²) in [6.45, 7) is 8.57. The molecule has 12 nitrogen and oxygen atoms in total. The number of esters is 1. The number of pyridine rings is 2. The minimum absolute atomic E-state index is 0.0816. The van der Waals surface area contributed by atoms with Crippen LogP contribution in [0.15, 0.2) is 65.5 Å². The number of carbonyl (C=O) groups excluding carboxylic acids is 1. The third-order valence-corrected chi connectivity index (χ3v) is 12.5. The summed E-state index contributed by atoms with van der Waals surface area (Å²) in [5.74, 6) is 1.73. The van der Waals surface area contributed by atoms with Gasteiger partial charge in [-0.3, -0.25) is 4.79 Å². The lowest BCUT2D eigenvalue weighted by atomic mass is 9.86. The highest BCUT2D eigenvalue weighted by atomic mass is 19.1. The fourth-order valence-electron chi connectivity index (χ4n) is 8.67. The molecule has 2 N–H and O–H groups in total. The van der Waals surface area contributed by atoms with Crippen LogP contribution in [-0.2, 0) is 41.1 Å². The summed E-state index contributed by atoms with van der Waals surface area (Å²) >= 11 is 0. The molecule has 1 fully saturated rings. The number of hydrogen-bond donors (Lipinski definition) is 2. The van der Waals surface area contributed by atoms with E-state index in [1.165, 1.54) is 0 Å². The third kappa shape index (κ3) is 7.13. The van der Waals surface area contributed by atoms with E-state index in [-0.39, 0.29) is 30.3 Å². The molecule has 0 amide bonds. The highest BCUT2D eigenvalue weighted by Gasteiger charge is 2.45. The van der Waals surface area contributed by atoms with Gasteiger partial charge in [0, 0.05) is 34.4 Å². The molecule has 1 saturated heterocycles. The minimum atomic E-state index is -1.88. The van der Waals surface area contributed by atoms with E-state index in [1.807, 2.05) is 44.2 Å². The van der Waals surface area contributed by atoms with Crippen LogP contribution in [0.1, 0.15) is 79.6 Å². The molecule has 3 aliphatic heterocycles. The zero-order valence-corrected chi connectivity index (χ0v) is 34.6. The quantitative estimate of drug-likeness (QED) is 0.125. The number of benzene rings is 3. The van der Waals surface area contributed by atoms with Crippen molar-refractivity contribution in [3.63, 3.8) is 0 Å². The van der Waals surface area contributed by atoms with Gasteiger partial charge in [-0.2, -0.15) is 0 Å². The second-order valence-electron chi connectivity index (χ2n) is 16.7. The van der Waals surface area contributed by atoms with Crippen LogP contribution in [0.3, 0.4) is 0 Å². The van der Waals surface area contributed by atoms with Crippen molar-refractivity contribution in [3.05, 3.63) is 110 Å². The Labute approximate surface area is 347 Å². The van der Waals surface area contributed by atoms with Gasteiger partial charge in [-0.15, -0.1) is 0 Å². The molecule has 3 aromatic heterocycles. The van der Waals surface area contributed by atoms with E-state index in [1.54, 1.807) is 36.8 Å². The Morgan fingerprint density at radius 3 is 2.55 bits per heavy atom. The number of aryl methyl sites for hydroxylation is 2. The molecule has 9 rings (SSSR count). The molecular weight excluding hydrogens is 764 g/mol. The number of methoxy groups -OCH3 is 1. The summed E-state index contributed by atoms with van der Waals surface area (Å²) < 4.78 is 34.6. The Bertz CT molecular complexity index is 2750. The molecule has 3 aliphatic rings. The Balaban J connectivity index is 1.02. The third-order valence-electron chi connectivity index (χ3n) is 12.5. The molecule has 0 unspecified atom stereocenters. The summed E-state index contributed by atoms with van der Waals surface area (Å²) in [5, 5.41) is 16.1. The van der Waals surface area contributed by atoms with Gasteiger partial charge in [-0.25, -0.2) is 24.1 Å². The second kappa shape index (κ2) is 15.6. The Hall–Kier alpha value is -5.92. The van der Waals surface area contributed by atoms with Crippen molar-refractivity contribution in [3.8, 4) is 22.9 Å². The largest absolute Gasteiger partial charge is 0.493 e. The van der Waals surface area contributed by atoms with Gasteiger partial charge in [0.2, 0.25) is 0 Å². The highest BCUT2D eigenvalue weighted by molar-refractivity contribution is 5.93. The lowest BCUT2D eigenvalue weighted by molar-refractivity contribution is -0.172. The number of rotatable bonds is 11. The standard InChI is InChI=1S/C47H49FN6O6/c1-6-47(57)34-21-39-43-31(23-54(39)45(55)33(34)25-60-46(47)56)18-30-17-27(7-10-36(30)50-43)8-12-42-49-38-22-41(59-24-28-13-15-53(4)16-14-28)40(58-5)20-32(38)44(52-42)51-37-11-9-29(26(2)3)19-35(37)48/h7,9-11,17-22,26,28,57H,6,8,12-16,23-25H2,1-5H3,(H,49,51,52)/t47-/m0/s1. The SMILES string of the molecule is CC[C@@]1(O)C(=O)OCc2c1cc1n(c2=O)Cc2cc3cc(CCc4nc(Nc5ccc(C(C)C)cc5F)c5cc(OC)c(OCC6CCN(C)CC6)cc5n4)ccc3nc2-1. The van der Waals surface area contributed by atoms with Crippen LogP contribution in [0.5, 0.6) is 11.5 Å². The van der Waals surface area contributed by atoms with Crippen LogP contribution in [0.4, 0.5) is 15.9 Å². The molecule has 13 heteroatoms. The summed E-state index contributed by atoms with van der Waals surface area (Å²) in [4.78, 5) is 43.5. The van der Waals surface area contributed by atoms with Crippen molar-refractivity contribution in [2.45, 2.75) is 77.5 Å². The van der Waals surface area contributed by atoms with Gasteiger partial charge in [0.1, 0.15) is 24.1 Å².